The Kier molecular flexibility index (Phi) is 3.05. The van der Waals surface area contributed by atoms with E-state index < -0.39 is 0 Å². The summed E-state index contributed by atoms with van der Waals surface area (Å²) in [5, 5.41) is 9.45. The molecule has 4 fully saturated rings. The maximum Gasteiger partial charge on any atom is 0.134 e. The van der Waals surface area contributed by atoms with Crippen molar-refractivity contribution in [2.75, 3.05) is 31.1 Å². The third-order valence-electron chi connectivity index (χ3n) is 7.26. The van der Waals surface area contributed by atoms with Crippen molar-refractivity contribution in [1.82, 2.24) is 14.8 Å². The molecule has 0 radical (unpaired) electrons. The van der Waals surface area contributed by atoms with Crippen molar-refractivity contribution in [3.63, 3.8) is 0 Å². The van der Waals surface area contributed by atoms with E-state index in [0.29, 0.717) is 17.1 Å². The second-order valence-corrected chi connectivity index (χ2v) is 8.63. The van der Waals surface area contributed by atoms with E-state index in [4.69, 9.17) is 0 Å². The van der Waals surface area contributed by atoms with Gasteiger partial charge in [0, 0.05) is 38.8 Å². The van der Waals surface area contributed by atoms with Gasteiger partial charge < -0.3 is 10.0 Å². The zero-order chi connectivity index (χ0) is 18.2. The lowest BCUT2D eigenvalue weighted by atomic mass is 9.83. The Morgan fingerprint density at radius 3 is 2.67 bits per heavy atom. The maximum absolute atomic E-state index is 13.1. The number of pyridine rings is 1. The van der Waals surface area contributed by atoms with Gasteiger partial charge in [-0.15, -0.1) is 0 Å². The van der Waals surface area contributed by atoms with E-state index in [1.165, 1.54) is 24.6 Å². The number of piperazine rings is 1. The van der Waals surface area contributed by atoms with Crippen molar-refractivity contribution in [3.05, 3.63) is 54.0 Å². The largest absolute Gasteiger partial charge is 0.506 e. The first-order chi connectivity index (χ1) is 13.1. The molecule has 5 nitrogen and oxygen atoms in total. The molecule has 140 valence electrons. The second kappa shape index (κ2) is 5.20. The summed E-state index contributed by atoms with van der Waals surface area (Å²) in [5.74, 6) is 1.05. The third kappa shape index (κ3) is 2.08. The Labute approximate surface area is 158 Å². The quantitative estimate of drug-likeness (QED) is 0.899. The molecule has 2 aromatic rings. The highest BCUT2D eigenvalue weighted by molar-refractivity contribution is 5.65. The first-order valence-corrected chi connectivity index (χ1v) is 9.76. The van der Waals surface area contributed by atoms with Gasteiger partial charge in [-0.05, 0) is 42.7 Å². The number of hydrogen-bond donors (Lipinski definition) is 1. The Balaban J connectivity index is 1.09. The van der Waals surface area contributed by atoms with Crippen LogP contribution in [0.5, 0.6) is 5.75 Å². The molecule has 27 heavy (non-hydrogen) atoms. The highest BCUT2D eigenvalue weighted by Gasteiger charge is 2.89. The smallest absolute Gasteiger partial charge is 0.134 e. The predicted molar refractivity (Wildman–Crippen MR) is 100 cm³/mol. The van der Waals surface area contributed by atoms with Gasteiger partial charge in [-0.1, -0.05) is 12.1 Å². The van der Waals surface area contributed by atoms with Crippen LogP contribution >= 0.6 is 0 Å². The molecular weight excluding hydrogens is 343 g/mol. The van der Waals surface area contributed by atoms with Gasteiger partial charge in [0.05, 0.1) is 17.3 Å². The first-order valence-electron chi connectivity index (χ1n) is 9.76. The number of nitrogens with zero attached hydrogens (tertiary/aromatic N) is 4. The van der Waals surface area contributed by atoms with Crippen molar-refractivity contribution < 1.29 is 9.50 Å². The number of halogens is 1. The molecule has 6 rings (SSSR count). The number of likely N-dealkylation sites (tertiary alicyclic amines) is 2. The molecule has 3 atom stereocenters. The van der Waals surface area contributed by atoms with Crippen molar-refractivity contribution in [2.24, 2.45) is 0 Å². The summed E-state index contributed by atoms with van der Waals surface area (Å²) in [6, 6.07) is 11.2. The van der Waals surface area contributed by atoms with Gasteiger partial charge in [0.1, 0.15) is 17.4 Å². The summed E-state index contributed by atoms with van der Waals surface area (Å²) in [6.07, 6.45) is 4.00. The second-order valence-electron chi connectivity index (χ2n) is 8.63. The average Bonchev–Trinajstić information content (AvgIpc) is 3.07. The molecule has 1 aromatic carbocycles. The SMILES string of the molecule is Oc1ccc(N2CC34C[C@]23CN4[C@@H]2CCN(Cc3ccc(F)cc3)C2)nc1. The average molecular weight is 366 g/mol. The molecule has 0 spiro atoms. The molecule has 1 aromatic heterocycles. The van der Waals surface area contributed by atoms with Crippen molar-refractivity contribution >= 4 is 5.82 Å². The Morgan fingerprint density at radius 1 is 1.11 bits per heavy atom. The fourth-order valence-corrected chi connectivity index (χ4v) is 5.78. The van der Waals surface area contributed by atoms with E-state index in [2.05, 4.69) is 19.7 Å². The van der Waals surface area contributed by atoms with Crippen molar-refractivity contribution in [2.45, 2.75) is 36.5 Å². The Bertz CT molecular complexity index is 888. The lowest BCUT2D eigenvalue weighted by Gasteiger charge is -2.63. The first kappa shape index (κ1) is 15.8. The molecule has 1 saturated carbocycles. The predicted octanol–water partition coefficient (Wildman–Crippen LogP) is 2.22. The number of rotatable bonds is 4. The van der Waals surface area contributed by atoms with Gasteiger partial charge >= 0.3 is 0 Å². The molecule has 0 bridgehead atoms. The van der Waals surface area contributed by atoms with Crippen LogP contribution in [0.1, 0.15) is 18.4 Å². The van der Waals surface area contributed by atoms with E-state index in [0.717, 1.165) is 38.5 Å². The molecule has 1 unspecified atom stereocenters. The molecule has 1 N–H and O–H groups in total. The van der Waals surface area contributed by atoms with Gasteiger partial charge in [0.15, 0.2) is 0 Å². The minimum Gasteiger partial charge on any atom is -0.506 e. The normalized spacial score (nSPS) is 34.6. The van der Waals surface area contributed by atoms with E-state index >= 15 is 0 Å². The summed E-state index contributed by atoms with van der Waals surface area (Å²) in [6.45, 7) is 5.31. The molecular formula is C21H23FN4O. The van der Waals surface area contributed by atoms with Gasteiger partial charge in [-0.25, -0.2) is 9.37 Å². The number of aromatic hydroxyl groups is 1. The van der Waals surface area contributed by atoms with Crippen LogP contribution < -0.4 is 4.90 Å². The minimum atomic E-state index is -0.166. The van der Waals surface area contributed by atoms with Crippen LogP contribution in [0.3, 0.4) is 0 Å². The fourth-order valence-electron chi connectivity index (χ4n) is 5.78. The third-order valence-corrected chi connectivity index (χ3v) is 7.26. The summed E-state index contributed by atoms with van der Waals surface area (Å²) < 4.78 is 13.1. The van der Waals surface area contributed by atoms with Crippen LogP contribution in [0.25, 0.3) is 0 Å². The van der Waals surface area contributed by atoms with E-state index in [1.807, 2.05) is 18.2 Å². The fraction of sp³-hybridized carbons (Fsp3) is 0.476. The molecule has 3 aliphatic heterocycles. The van der Waals surface area contributed by atoms with Crippen molar-refractivity contribution in [3.8, 4) is 5.75 Å². The zero-order valence-corrected chi connectivity index (χ0v) is 15.2. The molecule has 6 heteroatoms. The van der Waals surface area contributed by atoms with E-state index in [-0.39, 0.29) is 11.6 Å². The maximum atomic E-state index is 13.1. The molecule has 4 aliphatic rings. The number of hydrogen-bond acceptors (Lipinski definition) is 5. The van der Waals surface area contributed by atoms with Gasteiger partial charge in [-0.3, -0.25) is 9.80 Å². The van der Waals surface area contributed by atoms with E-state index in [9.17, 15) is 9.50 Å². The monoisotopic (exact) mass is 366 g/mol. The van der Waals surface area contributed by atoms with Crippen LogP contribution in [-0.2, 0) is 6.54 Å². The lowest BCUT2D eigenvalue weighted by Crippen LogP contribution is -2.80. The van der Waals surface area contributed by atoms with Gasteiger partial charge in [0.25, 0.3) is 0 Å². The summed E-state index contributed by atoms with van der Waals surface area (Å²) in [4.78, 5) is 12.0. The molecule has 1 aliphatic carbocycles. The number of aromatic nitrogens is 1. The van der Waals surface area contributed by atoms with Crippen molar-refractivity contribution in [1.29, 1.82) is 0 Å². The van der Waals surface area contributed by atoms with Crippen LogP contribution in [0.15, 0.2) is 42.6 Å². The van der Waals surface area contributed by atoms with Crippen LogP contribution in [-0.4, -0.2) is 63.2 Å². The lowest BCUT2D eigenvalue weighted by molar-refractivity contribution is -0.0247. The highest BCUT2D eigenvalue weighted by Crippen LogP contribution is 2.73. The summed E-state index contributed by atoms with van der Waals surface area (Å²) in [7, 11) is 0. The van der Waals surface area contributed by atoms with Crippen LogP contribution in [0.4, 0.5) is 10.2 Å². The summed E-state index contributed by atoms with van der Waals surface area (Å²) in [5.41, 5.74) is 1.87. The van der Waals surface area contributed by atoms with Gasteiger partial charge in [-0.2, -0.15) is 0 Å². The molecule has 3 saturated heterocycles. The van der Waals surface area contributed by atoms with Crippen LogP contribution in [0, 0.1) is 5.82 Å². The standard InChI is InChI=1S/C21H23FN4O/c22-16-3-1-15(2-4-16)10-24-8-7-17(11-24)25-13-21-12-20(21,25)14-26(21)19-6-5-18(27)9-23-19/h1-6,9,17,27H,7-8,10-14H2/t17-,20?,21-/m1/s1. The molecule has 0 amide bonds. The van der Waals surface area contributed by atoms with Gasteiger partial charge in [0.2, 0.25) is 0 Å². The summed E-state index contributed by atoms with van der Waals surface area (Å²) >= 11 is 0. The van der Waals surface area contributed by atoms with Crippen LogP contribution in [0.2, 0.25) is 0 Å². The Morgan fingerprint density at radius 2 is 1.96 bits per heavy atom. The Hall–Kier alpha value is -2.18. The topological polar surface area (TPSA) is 42.8 Å². The highest BCUT2D eigenvalue weighted by atomic mass is 19.1. The zero-order valence-electron chi connectivity index (χ0n) is 15.2. The minimum absolute atomic E-state index is 0.166. The molecule has 4 heterocycles. The number of benzene rings is 1. The number of anilines is 1. The van der Waals surface area contributed by atoms with E-state index in [1.54, 1.807) is 18.2 Å².